The zero-order valence-electron chi connectivity index (χ0n) is 14.8. The van der Waals surface area contributed by atoms with Gasteiger partial charge in [0.25, 0.3) is 17.4 Å². The van der Waals surface area contributed by atoms with Crippen LogP contribution in [0.4, 0.5) is 26.3 Å². The molecule has 0 aromatic heterocycles. The number of rotatable bonds is 6. The van der Waals surface area contributed by atoms with Crippen LogP contribution in [0, 0.1) is 0 Å². The van der Waals surface area contributed by atoms with Gasteiger partial charge in [0.05, 0.1) is 30.7 Å². The second-order valence-electron chi connectivity index (χ2n) is 6.35. The number of methoxy groups -OCH3 is 1. The molecule has 0 saturated heterocycles. The first-order valence-corrected chi connectivity index (χ1v) is 8.14. The highest BCUT2D eigenvalue weighted by molar-refractivity contribution is 6.21. The van der Waals surface area contributed by atoms with E-state index in [9.17, 15) is 45.8 Å². The van der Waals surface area contributed by atoms with Gasteiger partial charge in [-0.2, -0.15) is 26.3 Å². The molecule has 0 bridgehead atoms. The van der Waals surface area contributed by atoms with Crippen molar-refractivity contribution in [2.24, 2.45) is 0 Å². The lowest BCUT2D eigenvalue weighted by Crippen LogP contribution is -2.57. The number of esters is 1. The van der Waals surface area contributed by atoms with Crippen LogP contribution in [0.1, 0.15) is 40.0 Å². The fraction of sp³-hybridized carbons (Fsp3) is 0.471. The van der Waals surface area contributed by atoms with Gasteiger partial charge in [-0.05, 0) is 25.0 Å². The number of nitrogens with zero attached hydrogens (tertiary/aromatic N) is 1. The van der Waals surface area contributed by atoms with E-state index in [1.54, 1.807) is 0 Å². The number of hydrogen-bond donors (Lipinski definition) is 1. The van der Waals surface area contributed by atoms with Gasteiger partial charge in [0.1, 0.15) is 0 Å². The predicted octanol–water partition coefficient (Wildman–Crippen LogP) is 2.85. The summed E-state index contributed by atoms with van der Waals surface area (Å²) in [5, 5.41) is 9.32. The lowest BCUT2D eigenvalue weighted by molar-refractivity contribution is -0.370. The summed E-state index contributed by atoms with van der Waals surface area (Å²) in [5.41, 5.74) is -5.28. The summed E-state index contributed by atoms with van der Waals surface area (Å²) in [4.78, 5) is 37.0. The predicted molar refractivity (Wildman–Crippen MR) is 83.7 cm³/mol. The smallest absolute Gasteiger partial charge is 0.426 e. The molecule has 1 heterocycles. The summed E-state index contributed by atoms with van der Waals surface area (Å²) in [6, 6.07) is 3.65. The Labute approximate surface area is 160 Å². The van der Waals surface area contributed by atoms with Crippen LogP contribution >= 0.6 is 0 Å². The third kappa shape index (κ3) is 4.07. The van der Waals surface area contributed by atoms with E-state index in [0.717, 1.165) is 7.11 Å². The van der Waals surface area contributed by atoms with Crippen LogP contribution in [-0.2, 0) is 9.53 Å². The van der Waals surface area contributed by atoms with Crippen LogP contribution in [0.5, 0.6) is 0 Å². The first-order chi connectivity index (χ1) is 13.2. The minimum absolute atomic E-state index is 0.103. The third-order valence-corrected chi connectivity index (χ3v) is 4.60. The summed E-state index contributed by atoms with van der Waals surface area (Å²) in [6.45, 7) is 0. The molecule has 0 radical (unpaired) electrons. The lowest BCUT2D eigenvalue weighted by atomic mass is 9.92. The van der Waals surface area contributed by atoms with Gasteiger partial charge in [-0.15, -0.1) is 0 Å². The molecule has 0 spiro atoms. The largest absolute Gasteiger partial charge is 0.469 e. The number of benzene rings is 1. The van der Waals surface area contributed by atoms with Crippen molar-refractivity contribution in [3.05, 3.63) is 35.4 Å². The molecule has 0 fully saturated rings. The Bertz CT molecular complexity index is 770. The second-order valence-corrected chi connectivity index (χ2v) is 6.35. The maximum absolute atomic E-state index is 12.9. The van der Waals surface area contributed by atoms with Gasteiger partial charge in [0, 0.05) is 0 Å². The van der Waals surface area contributed by atoms with E-state index in [1.807, 2.05) is 0 Å². The molecular weight excluding hydrogens is 412 g/mol. The maximum atomic E-state index is 12.9. The number of amides is 2. The molecule has 1 unspecified atom stereocenters. The number of hydrogen-bond acceptors (Lipinski definition) is 5. The van der Waals surface area contributed by atoms with E-state index in [4.69, 9.17) is 0 Å². The zero-order chi connectivity index (χ0) is 22.2. The minimum atomic E-state index is -6.07. The Balaban J connectivity index is 2.37. The van der Waals surface area contributed by atoms with E-state index < -0.39 is 61.0 Å². The van der Waals surface area contributed by atoms with Crippen molar-refractivity contribution in [1.29, 1.82) is 0 Å². The average molecular weight is 427 g/mol. The van der Waals surface area contributed by atoms with E-state index >= 15 is 0 Å². The molecule has 6 nitrogen and oxygen atoms in total. The molecule has 1 aliphatic heterocycles. The fourth-order valence-corrected chi connectivity index (χ4v) is 2.96. The highest BCUT2D eigenvalue weighted by atomic mass is 19.4. The van der Waals surface area contributed by atoms with Crippen LogP contribution in [0.2, 0.25) is 0 Å². The Morgan fingerprint density at radius 2 is 1.48 bits per heavy atom. The molecule has 12 heteroatoms. The highest BCUT2D eigenvalue weighted by Gasteiger charge is 2.70. The molecular formula is C17H15F6NO5. The van der Waals surface area contributed by atoms with Gasteiger partial charge in [-0.1, -0.05) is 12.1 Å². The van der Waals surface area contributed by atoms with Gasteiger partial charge in [-0.25, -0.2) is 0 Å². The first kappa shape index (κ1) is 22.7. The monoisotopic (exact) mass is 427 g/mol. The summed E-state index contributed by atoms with van der Waals surface area (Å²) in [5.74, 6) is -3.00. The van der Waals surface area contributed by atoms with Crippen molar-refractivity contribution in [3.63, 3.8) is 0 Å². The molecule has 2 amide bonds. The SMILES string of the molecule is COC(=O)CC(CCC(O)(C(F)(F)F)C(F)(F)F)N1C(=O)c2ccccc2C1=O. The minimum Gasteiger partial charge on any atom is -0.469 e. The molecule has 29 heavy (non-hydrogen) atoms. The summed E-state index contributed by atoms with van der Waals surface area (Å²) in [7, 11) is 0.920. The standard InChI is InChI=1S/C17H15F6NO5/c1-29-12(25)8-9(6-7-15(28,16(18,19)20)17(21,22)23)24-13(26)10-4-2-3-5-11(10)14(24)27/h2-5,9,28H,6-8H2,1H3. The molecule has 2 rings (SSSR count). The Hall–Kier alpha value is -2.63. The highest BCUT2D eigenvalue weighted by Crippen LogP contribution is 2.46. The number of ether oxygens (including phenoxy) is 1. The van der Waals surface area contributed by atoms with Crippen LogP contribution in [0.15, 0.2) is 24.3 Å². The molecule has 160 valence electrons. The lowest BCUT2D eigenvalue weighted by Gasteiger charge is -2.34. The Kier molecular flexibility index (Phi) is 5.98. The molecule has 1 aromatic carbocycles. The topological polar surface area (TPSA) is 83.9 Å². The Morgan fingerprint density at radius 3 is 1.86 bits per heavy atom. The quantitative estimate of drug-likeness (QED) is 0.429. The second kappa shape index (κ2) is 7.65. The summed E-state index contributed by atoms with van der Waals surface area (Å²) >= 11 is 0. The fourth-order valence-electron chi connectivity index (χ4n) is 2.96. The molecule has 0 saturated carbocycles. The van der Waals surface area contributed by atoms with E-state index in [-0.39, 0.29) is 11.1 Å². The number of halogens is 6. The first-order valence-electron chi connectivity index (χ1n) is 8.14. The van der Waals surface area contributed by atoms with E-state index in [1.165, 1.54) is 24.3 Å². The molecule has 1 atom stereocenters. The normalized spacial score (nSPS) is 16.1. The van der Waals surface area contributed by atoms with Gasteiger partial charge < -0.3 is 9.84 Å². The van der Waals surface area contributed by atoms with Crippen molar-refractivity contribution in [2.75, 3.05) is 7.11 Å². The summed E-state index contributed by atoms with van der Waals surface area (Å²) in [6.07, 6.45) is -16.0. The van der Waals surface area contributed by atoms with Gasteiger partial charge >= 0.3 is 18.3 Å². The summed E-state index contributed by atoms with van der Waals surface area (Å²) < 4.78 is 81.9. The van der Waals surface area contributed by atoms with Gasteiger partial charge in [0.2, 0.25) is 0 Å². The van der Waals surface area contributed by atoms with Crippen LogP contribution < -0.4 is 0 Å². The van der Waals surface area contributed by atoms with Crippen molar-refractivity contribution in [2.45, 2.75) is 43.3 Å². The van der Waals surface area contributed by atoms with Crippen molar-refractivity contribution in [3.8, 4) is 0 Å². The molecule has 1 aliphatic rings. The van der Waals surface area contributed by atoms with E-state index in [0.29, 0.717) is 4.90 Å². The van der Waals surface area contributed by atoms with Crippen LogP contribution in [0.3, 0.4) is 0 Å². The zero-order valence-corrected chi connectivity index (χ0v) is 14.8. The number of alkyl halides is 6. The van der Waals surface area contributed by atoms with Gasteiger partial charge in [0.15, 0.2) is 0 Å². The molecule has 1 N–H and O–H groups in total. The number of imide groups is 1. The number of carbonyl (C=O) groups excluding carboxylic acids is 3. The van der Waals surface area contributed by atoms with Gasteiger partial charge in [-0.3, -0.25) is 19.3 Å². The molecule has 1 aromatic rings. The van der Waals surface area contributed by atoms with Crippen molar-refractivity contribution in [1.82, 2.24) is 4.90 Å². The van der Waals surface area contributed by atoms with Crippen molar-refractivity contribution < 1.29 is 50.6 Å². The number of aliphatic hydroxyl groups is 1. The third-order valence-electron chi connectivity index (χ3n) is 4.60. The van der Waals surface area contributed by atoms with Crippen LogP contribution in [-0.4, -0.2) is 58.9 Å². The van der Waals surface area contributed by atoms with E-state index in [2.05, 4.69) is 4.74 Å². The maximum Gasteiger partial charge on any atom is 0.426 e. The average Bonchev–Trinajstić information content (AvgIpc) is 2.87. The number of fused-ring (bicyclic) bond motifs is 1. The number of carbonyl (C=O) groups is 3. The Morgan fingerprint density at radius 1 is 1.03 bits per heavy atom. The van der Waals surface area contributed by atoms with Crippen LogP contribution in [0.25, 0.3) is 0 Å². The molecule has 0 aliphatic carbocycles. The van der Waals surface area contributed by atoms with Crippen molar-refractivity contribution >= 4 is 17.8 Å².